The summed E-state index contributed by atoms with van der Waals surface area (Å²) in [5, 5.41) is 0. The van der Waals surface area contributed by atoms with Crippen LogP contribution in [0.3, 0.4) is 0 Å². The lowest BCUT2D eigenvalue weighted by Gasteiger charge is -2.28. The molecule has 1 fully saturated rings. The van der Waals surface area contributed by atoms with Crippen LogP contribution in [-0.4, -0.2) is 0 Å². The lowest BCUT2D eigenvalue weighted by molar-refractivity contribution is 0.308. The number of hydrogen-bond acceptors (Lipinski definition) is 0. The molecule has 0 aromatic heterocycles. The smallest absolute Gasteiger partial charge is 0.161 e. The standard InChI is InChI=1S/C31H42F2/c1-3-5-6-7-9-30(32)31(33)29-22-16-26(17-23-29)11-10-25-14-20-28(21-15-25)27-18-12-24(8-4-2)13-19-27/h14-17,20-24,27H,3-13,18-19H2,1-2H3. The number of halogens is 2. The van der Waals surface area contributed by atoms with Crippen LogP contribution in [0.5, 0.6) is 0 Å². The Labute approximate surface area is 200 Å². The molecule has 0 amide bonds. The van der Waals surface area contributed by atoms with Gasteiger partial charge in [-0.25, -0.2) is 8.78 Å². The van der Waals surface area contributed by atoms with Gasteiger partial charge >= 0.3 is 0 Å². The summed E-state index contributed by atoms with van der Waals surface area (Å²) in [6, 6.07) is 16.5. The van der Waals surface area contributed by atoms with E-state index in [2.05, 4.69) is 38.1 Å². The van der Waals surface area contributed by atoms with E-state index in [1.807, 2.05) is 12.1 Å². The number of unbranched alkanes of at least 4 members (excludes halogenated alkanes) is 3. The maximum Gasteiger partial charge on any atom is 0.161 e. The third-order valence-corrected chi connectivity index (χ3v) is 7.39. The molecule has 0 N–H and O–H groups in total. The number of aryl methyl sites for hydroxylation is 2. The Bertz CT molecular complexity index is 839. The van der Waals surface area contributed by atoms with E-state index in [1.165, 1.54) is 49.7 Å². The second-order valence-electron chi connectivity index (χ2n) is 9.97. The molecule has 0 radical (unpaired) electrons. The predicted molar refractivity (Wildman–Crippen MR) is 138 cm³/mol. The molecule has 0 spiro atoms. The summed E-state index contributed by atoms with van der Waals surface area (Å²) in [7, 11) is 0. The molecular formula is C31H42F2. The highest BCUT2D eigenvalue weighted by Crippen LogP contribution is 2.37. The van der Waals surface area contributed by atoms with Crippen LogP contribution < -0.4 is 0 Å². The Morgan fingerprint density at radius 1 is 0.727 bits per heavy atom. The molecule has 1 saturated carbocycles. The summed E-state index contributed by atoms with van der Waals surface area (Å²) in [6.07, 6.45) is 14.1. The Kier molecular flexibility index (Phi) is 10.6. The molecule has 0 atom stereocenters. The van der Waals surface area contributed by atoms with Crippen LogP contribution in [0, 0.1) is 5.92 Å². The molecule has 2 aromatic carbocycles. The van der Waals surface area contributed by atoms with E-state index in [4.69, 9.17) is 0 Å². The molecular weight excluding hydrogens is 410 g/mol. The van der Waals surface area contributed by atoms with Crippen molar-refractivity contribution in [2.45, 2.75) is 103 Å². The van der Waals surface area contributed by atoms with Crippen molar-refractivity contribution in [3.05, 3.63) is 76.6 Å². The Morgan fingerprint density at radius 2 is 1.33 bits per heavy atom. The Balaban J connectivity index is 1.47. The zero-order valence-corrected chi connectivity index (χ0v) is 20.7. The lowest BCUT2D eigenvalue weighted by Crippen LogP contribution is -2.13. The molecule has 1 aliphatic carbocycles. The SMILES string of the molecule is CCCCCCC(F)=C(F)c1ccc(CCc2ccc(C3CCC(CCC)CC3)cc2)cc1. The third-order valence-electron chi connectivity index (χ3n) is 7.39. The summed E-state index contributed by atoms with van der Waals surface area (Å²) < 4.78 is 28.5. The van der Waals surface area contributed by atoms with Crippen molar-refractivity contribution in [1.82, 2.24) is 0 Å². The first-order chi connectivity index (χ1) is 16.1. The van der Waals surface area contributed by atoms with Gasteiger partial charge in [0.1, 0.15) is 5.83 Å². The van der Waals surface area contributed by atoms with Crippen molar-refractivity contribution in [2.75, 3.05) is 0 Å². The number of allylic oxidation sites excluding steroid dienone is 1. The third kappa shape index (κ3) is 8.09. The number of rotatable bonds is 12. The quantitative estimate of drug-likeness (QED) is 0.281. The highest BCUT2D eigenvalue weighted by atomic mass is 19.2. The van der Waals surface area contributed by atoms with Crippen molar-refractivity contribution in [1.29, 1.82) is 0 Å². The molecule has 180 valence electrons. The van der Waals surface area contributed by atoms with Gasteiger partial charge in [-0.2, -0.15) is 0 Å². The fourth-order valence-corrected chi connectivity index (χ4v) is 5.23. The fourth-order valence-electron chi connectivity index (χ4n) is 5.23. The second-order valence-corrected chi connectivity index (χ2v) is 9.97. The maximum atomic E-state index is 14.4. The molecule has 33 heavy (non-hydrogen) atoms. The lowest BCUT2D eigenvalue weighted by atomic mass is 9.77. The van der Waals surface area contributed by atoms with Gasteiger partial charge in [-0.15, -0.1) is 0 Å². The van der Waals surface area contributed by atoms with E-state index in [0.29, 0.717) is 12.0 Å². The molecule has 1 aliphatic rings. The molecule has 2 heteroatoms. The first-order valence-corrected chi connectivity index (χ1v) is 13.3. The van der Waals surface area contributed by atoms with E-state index in [-0.39, 0.29) is 6.42 Å². The van der Waals surface area contributed by atoms with Crippen LogP contribution in [0.15, 0.2) is 54.4 Å². The van der Waals surface area contributed by atoms with Crippen molar-refractivity contribution < 1.29 is 8.78 Å². The van der Waals surface area contributed by atoms with Gasteiger partial charge in [0.05, 0.1) is 0 Å². The Morgan fingerprint density at radius 3 is 1.91 bits per heavy atom. The largest absolute Gasteiger partial charge is 0.209 e. The molecule has 0 unspecified atom stereocenters. The van der Waals surface area contributed by atoms with Crippen molar-refractivity contribution >= 4 is 5.83 Å². The average molecular weight is 453 g/mol. The Hall–Kier alpha value is -1.96. The van der Waals surface area contributed by atoms with Crippen LogP contribution in [0.2, 0.25) is 0 Å². The first-order valence-electron chi connectivity index (χ1n) is 13.3. The molecule has 0 nitrogen and oxygen atoms in total. The summed E-state index contributed by atoms with van der Waals surface area (Å²) in [5.74, 6) is 0.369. The molecule has 0 aliphatic heterocycles. The number of benzene rings is 2. The van der Waals surface area contributed by atoms with Crippen LogP contribution in [-0.2, 0) is 12.8 Å². The van der Waals surface area contributed by atoms with Gasteiger partial charge in [0, 0.05) is 12.0 Å². The normalized spacial score (nSPS) is 19.4. The average Bonchev–Trinajstić information content (AvgIpc) is 2.86. The topological polar surface area (TPSA) is 0 Å². The first kappa shape index (κ1) is 25.7. The highest BCUT2D eigenvalue weighted by Gasteiger charge is 2.21. The molecule has 2 aromatic rings. The maximum absolute atomic E-state index is 14.4. The van der Waals surface area contributed by atoms with Crippen molar-refractivity contribution in [3.8, 4) is 0 Å². The highest BCUT2D eigenvalue weighted by molar-refractivity contribution is 5.61. The van der Waals surface area contributed by atoms with Crippen LogP contribution >= 0.6 is 0 Å². The van der Waals surface area contributed by atoms with Crippen LogP contribution in [0.1, 0.15) is 113 Å². The van der Waals surface area contributed by atoms with Gasteiger partial charge in [-0.1, -0.05) is 94.5 Å². The van der Waals surface area contributed by atoms with Crippen LogP contribution in [0.4, 0.5) is 8.78 Å². The predicted octanol–water partition coefficient (Wildman–Crippen LogP) is 10.1. The van der Waals surface area contributed by atoms with E-state index in [0.717, 1.165) is 49.5 Å². The monoisotopic (exact) mass is 452 g/mol. The fraction of sp³-hybridized carbons (Fsp3) is 0.548. The summed E-state index contributed by atoms with van der Waals surface area (Å²) in [5.41, 5.74) is 4.35. The minimum absolute atomic E-state index is 0.198. The number of hydrogen-bond donors (Lipinski definition) is 0. The van der Waals surface area contributed by atoms with Gasteiger partial charge in [-0.3, -0.25) is 0 Å². The summed E-state index contributed by atoms with van der Waals surface area (Å²) in [6.45, 7) is 4.41. The van der Waals surface area contributed by atoms with E-state index in [1.54, 1.807) is 12.1 Å². The van der Waals surface area contributed by atoms with Gasteiger partial charge in [0.15, 0.2) is 5.83 Å². The minimum atomic E-state index is -0.697. The van der Waals surface area contributed by atoms with Crippen LogP contribution in [0.25, 0.3) is 5.83 Å². The zero-order valence-electron chi connectivity index (χ0n) is 20.7. The molecule has 3 rings (SSSR count). The summed E-state index contributed by atoms with van der Waals surface area (Å²) in [4.78, 5) is 0. The van der Waals surface area contributed by atoms with Gasteiger partial charge in [0.25, 0.3) is 0 Å². The van der Waals surface area contributed by atoms with E-state index >= 15 is 0 Å². The molecule has 0 bridgehead atoms. The van der Waals surface area contributed by atoms with E-state index < -0.39 is 11.7 Å². The second kappa shape index (κ2) is 13.7. The van der Waals surface area contributed by atoms with Crippen molar-refractivity contribution in [3.63, 3.8) is 0 Å². The van der Waals surface area contributed by atoms with Gasteiger partial charge < -0.3 is 0 Å². The summed E-state index contributed by atoms with van der Waals surface area (Å²) >= 11 is 0. The van der Waals surface area contributed by atoms with Crippen molar-refractivity contribution in [2.24, 2.45) is 5.92 Å². The zero-order chi connectivity index (χ0) is 23.5. The molecule has 0 heterocycles. The minimum Gasteiger partial charge on any atom is -0.209 e. The van der Waals surface area contributed by atoms with Gasteiger partial charge in [-0.05, 0) is 73.5 Å². The van der Waals surface area contributed by atoms with E-state index in [9.17, 15) is 8.78 Å². The molecule has 0 saturated heterocycles. The van der Waals surface area contributed by atoms with Gasteiger partial charge in [0.2, 0.25) is 0 Å².